The lowest BCUT2D eigenvalue weighted by Crippen LogP contribution is -2.32. The van der Waals surface area contributed by atoms with Crippen molar-refractivity contribution < 1.29 is 22.0 Å². The minimum absolute atomic E-state index is 0.00606. The van der Waals surface area contributed by atoms with Crippen molar-refractivity contribution in [3.05, 3.63) is 27.7 Å². The molecule has 1 rings (SSSR count). The monoisotopic (exact) mass is 370 g/mol. The van der Waals surface area contributed by atoms with Crippen molar-refractivity contribution in [2.45, 2.75) is 18.2 Å². The largest absolute Gasteiger partial charge is 0.336 e. The highest BCUT2D eigenvalue weighted by atomic mass is 79.9. The van der Waals surface area contributed by atoms with Gasteiger partial charge in [-0.3, -0.25) is 4.79 Å². The first-order valence-corrected chi connectivity index (χ1v) is 7.74. The lowest BCUT2D eigenvalue weighted by molar-refractivity contribution is 0.0619. The Morgan fingerprint density at radius 1 is 1.45 bits per heavy atom. The van der Waals surface area contributed by atoms with Gasteiger partial charge < -0.3 is 4.90 Å². The van der Waals surface area contributed by atoms with Crippen molar-refractivity contribution in [2.75, 3.05) is 13.6 Å². The van der Waals surface area contributed by atoms with Gasteiger partial charge in [-0.15, -0.1) is 0 Å². The molecule has 0 aliphatic heterocycles. The summed E-state index contributed by atoms with van der Waals surface area (Å²) in [5.41, 5.74) is 0.454. The summed E-state index contributed by atoms with van der Waals surface area (Å²) >= 11 is 3.12. The molecule has 0 radical (unpaired) electrons. The number of amides is 1. The first-order valence-electron chi connectivity index (χ1n) is 5.40. The van der Waals surface area contributed by atoms with Crippen LogP contribution in [0.3, 0.4) is 0 Å². The van der Waals surface area contributed by atoms with Gasteiger partial charge in [0.2, 0.25) is 10.0 Å². The summed E-state index contributed by atoms with van der Waals surface area (Å²) in [7, 11) is -2.78. The minimum atomic E-state index is -4.00. The number of hydrogen-bond acceptors (Lipinski definition) is 3. The summed E-state index contributed by atoms with van der Waals surface area (Å²) in [6.07, 6.45) is -2.67. The van der Waals surface area contributed by atoms with E-state index < -0.39 is 28.9 Å². The van der Waals surface area contributed by atoms with Gasteiger partial charge in [-0.1, -0.05) is 15.9 Å². The number of carbonyl (C=O) groups is 1. The quantitative estimate of drug-likeness (QED) is 0.876. The standard InChI is InChI=1S/C11H13BrF2N2O3S/c1-6-8(11(17)16(2)5-10(13)14)3-7(4-9(6)12)20(15,18)19/h3-4,10H,5H2,1-2H3,(H2,15,18,19). The third-order valence-corrected chi connectivity index (χ3v) is 4.35. The van der Waals surface area contributed by atoms with E-state index in [4.69, 9.17) is 5.14 Å². The van der Waals surface area contributed by atoms with E-state index in [2.05, 4.69) is 15.9 Å². The summed E-state index contributed by atoms with van der Waals surface area (Å²) < 4.78 is 47.6. The van der Waals surface area contributed by atoms with Crippen LogP contribution in [0.5, 0.6) is 0 Å². The molecule has 0 bridgehead atoms. The minimum Gasteiger partial charge on any atom is -0.336 e. The number of alkyl halides is 2. The molecule has 0 fully saturated rings. The molecule has 0 atom stereocenters. The second kappa shape index (κ2) is 6.15. The average Bonchev–Trinajstić information content (AvgIpc) is 2.29. The molecule has 0 aliphatic rings. The molecule has 0 saturated carbocycles. The first kappa shape index (κ1) is 17.0. The summed E-state index contributed by atoms with van der Waals surface area (Å²) in [6.45, 7) is 0.829. The van der Waals surface area contributed by atoms with Gasteiger partial charge in [0.05, 0.1) is 11.4 Å². The van der Waals surface area contributed by atoms with Gasteiger partial charge >= 0.3 is 0 Å². The molecule has 9 heteroatoms. The second-order valence-electron chi connectivity index (χ2n) is 4.20. The highest BCUT2D eigenvalue weighted by molar-refractivity contribution is 9.10. The van der Waals surface area contributed by atoms with Crippen molar-refractivity contribution >= 4 is 31.9 Å². The first-order chi connectivity index (χ1) is 9.04. The molecule has 0 saturated heterocycles. The van der Waals surface area contributed by atoms with Crippen LogP contribution >= 0.6 is 15.9 Å². The van der Waals surface area contributed by atoms with E-state index in [-0.39, 0.29) is 10.5 Å². The smallest absolute Gasteiger partial charge is 0.255 e. The lowest BCUT2D eigenvalue weighted by Gasteiger charge is -2.18. The van der Waals surface area contributed by atoms with Gasteiger partial charge in [-0.05, 0) is 24.6 Å². The van der Waals surface area contributed by atoms with E-state index in [1.54, 1.807) is 6.92 Å². The third-order valence-electron chi connectivity index (χ3n) is 2.64. The molecule has 20 heavy (non-hydrogen) atoms. The van der Waals surface area contributed by atoms with Crippen LogP contribution in [0.15, 0.2) is 21.5 Å². The summed E-state index contributed by atoms with van der Waals surface area (Å²) in [5.74, 6) is -0.700. The molecular formula is C11H13BrF2N2O3S. The zero-order valence-corrected chi connectivity index (χ0v) is 13.1. The van der Waals surface area contributed by atoms with Crippen LogP contribution in [0, 0.1) is 6.92 Å². The number of primary sulfonamides is 1. The molecule has 0 aromatic heterocycles. The van der Waals surface area contributed by atoms with E-state index in [1.165, 1.54) is 13.1 Å². The Kier molecular flexibility index (Phi) is 5.22. The number of hydrogen-bond donors (Lipinski definition) is 1. The maximum atomic E-state index is 12.3. The van der Waals surface area contributed by atoms with E-state index >= 15 is 0 Å². The third kappa shape index (κ3) is 3.97. The fourth-order valence-corrected chi connectivity index (χ4v) is 2.71. The molecule has 0 unspecified atom stereocenters. The number of nitrogens with zero attached hydrogens (tertiary/aromatic N) is 1. The van der Waals surface area contributed by atoms with E-state index in [0.717, 1.165) is 11.0 Å². The Morgan fingerprint density at radius 3 is 2.45 bits per heavy atom. The van der Waals surface area contributed by atoms with Gasteiger partial charge in [0, 0.05) is 17.1 Å². The van der Waals surface area contributed by atoms with Crippen LogP contribution in [0.2, 0.25) is 0 Å². The number of benzene rings is 1. The highest BCUT2D eigenvalue weighted by Crippen LogP contribution is 2.25. The number of sulfonamides is 1. The predicted octanol–water partition coefficient (Wildman–Crippen LogP) is 1.74. The van der Waals surface area contributed by atoms with Crippen LogP contribution < -0.4 is 5.14 Å². The van der Waals surface area contributed by atoms with Gasteiger partial charge in [0.25, 0.3) is 12.3 Å². The van der Waals surface area contributed by atoms with Crippen molar-refractivity contribution in [3.8, 4) is 0 Å². The Hall–Kier alpha value is -1.06. The fraction of sp³-hybridized carbons (Fsp3) is 0.364. The van der Waals surface area contributed by atoms with Crippen molar-refractivity contribution in [3.63, 3.8) is 0 Å². The molecule has 0 heterocycles. The summed E-state index contributed by atoms with van der Waals surface area (Å²) in [5, 5.41) is 5.01. The maximum absolute atomic E-state index is 12.3. The maximum Gasteiger partial charge on any atom is 0.255 e. The number of rotatable bonds is 4. The van der Waals surface area contributed by atoms with E-state index in [0.29, 0.717) is 10.0 Å². The lowest BCUT2D eigenvalue weighted by atomic mass is 10.1. The predicted molar refractivity (Wildman–Crippen MR) is 73.2 cm³/mol. The van der Waals surface area contributed by atoms with Gasteiger partial charge in [0.15, 0.2) is 0 Å². The molecule has 5 nitrogen and oxygen atoms in total. The zero-order chi connectivity index (χ0) is 15.7. The van der Waals surface area contributed by atoms with Crippen LogP contribution in [0.25, 0.3) is 0 Å². The van der Waals surface area contributed by atoms with Gasteiger partial charge in [0.1, 0.15) is 0 Å². The van der Waals surface area contributed by atoms with Crippen LogP contribution in [-0.2, 0) is 10.0 Å². The van der Waals surface area contributed by atoms with Crippen molar-refractivity contribution in [2.24, 2.45) is 5.14 Å². The van der Waals surface area contributed by atoms with E-state index in [1.807, 2.05) is 0 Å². The van der Waals surface area contributed by atoms with Crippen LogP contribution in [0.1, 0.15) is 15.9 Å². The van der Waals surface area contributed by atoms with Crippen LogP contribution in [0.4, 0.5) is 8.78 Å². The summed E-state index contributed by atoms with van der Waals surface area (Å²) in [6, 6.07) is 2.34. The second-order valence-corrected chi connectivity index (χ2v) is 6.62. The number of nitrogens with two attached hydrogens (primary N) is 1. The van der Waals surface area contributed by atoms with Crippen molar-refractivity contribution in [1.82, 2.24) is 4.90 Å². The SMILES string of the molecule is Cc1c(Br)cc(S(N)(=O)=O)cc1C(=O)N(C)CC(F)F. The number of halogens is 3. The zero-order valence-electron chi connectivity index (χ0n) is 10.7. The molecule has 1 aromatic rings. The Balaban J connectivity index is 3.31. The fourth-order valence-electron chi connectivity index (χ4n) is 1.54. The Morgan fingerprint density at radius 2 is 2.00 bits per heavy atom. The van der Waals surface area contributed by atoms with Crippen molar-refractivity contribution in [1.29, 1.82) is 0 Å². The molecular weight excluding hydrogens is 358 g/mol. The van der Waals surface area contributed by atoms with Gasteiger partial charge in [-0.25, -0.2) is 22.3 Å². The number of carbonyl (C=O) groups excluding carboxylic acids is 1. The normalized spacial score (nSPS) is 11.8. The molecule has 112 valence electrons. The van der Waals surface area contributed by atoms with Crippen LogP contribution in [-0.4, -0.2) is 39.2 Å². The molecule has 0 spiro atoms. The Bertz CT molecular complexity index is 635. The topological polar surface area (TPSA) is 80.5 Å². The average molecular weight is 371 g/mol. The highest BCUT2D eigenvalue weighted by Gasteiger charge is 2.21. The molecule has 1 aromatic carbocycles. The summed E-state index contributed by atoms with van der Waals surface area (Å²) in [4.78, 5) is 12.6. The molecule has 1 amide bonds. The Labute approximate surface area is 123 Å². The van der Waals surface area contributed by atoms with Gasteiger partial charge in [-0.2, -0.15) is 0 Å². The molecule has 2 N–H and O–H groups in total. The van der Waals surface area contributed by atoms with E-state index in [9.17, 15) is 22.0 Å². The molecule has 0 aliphatic carbocycles.